The van der Waals surface area contributed by atoms with E-state index in [2.05, 4.69) is 31.6 Å². The van der Waals surface area contributed by atoms with Crippen molar-refractivity contribution in [1.29, 1.82) is 0 Å². The Bertz CT molecular complexity index is 1940. The van der Waals surface area contributed by atoms with Gasteiger partial charge in [-0.05, 0) is 81.3 Å². The van der Waals surface area contributed by atoms with Crippen LogP contribution in [0.2, 0.25) is 0 Å². The molecule has 13 nitrogen and oxygen atoms in total. The first-order chi connectivity index (χ1) is 25.4. The van der Waals surface area contributed by atoms with Crippen LogP contribution in [-0.2, 0) is 28.7 Å². The van der Waals surface area contributed by atoms with Gasteiger partial charge in [0.2, 0.25) is 0 Å². The van der Waals surface area contributed by atoms with Crippen LogP contribution in [0.1, 0.15) is 45.2 Å². The number of aromatic nitrogens is 3. The molecule has 3 heterocycles. The van der Waals surface area contributed by atoms with Crippen LogP contribution in [0.15, 0.2) is 77.9 Å². The number of nitrogens with zero attached hydrogens (tertiary/aromatic N) is 5. The third-order valence-corrected chi connectivity index (χ3v) is 10.9. The molecule has 16 heteroatoms. The summed E-state index contributed by atoms with van der Waals surface area (Å²) >= 11 is 0. The van der Waals surface area contributed by atoms with Crippen molar-refractivity contribution in [1.82, 2.24) is 14.3 Å². The van der Waals surface area contributed by atoms with Gasteiger partial charge < -0.3 is 28.9 Å². The lowest BCUT2D eigenvalue weighted by Crippen LogP contribution is -2.46. The second-order valence-electron chi connectivity index (χ2n) is 13.5. The minimum absolute atomic E-state index is 0.0769. The first-order valence-electron chi connectivity index (χ1n) is 17.6. The molecule has 0 saturated carbocycles. The number of hydrogen-bond acceptors (Lipinski definition) is 10. The Balaban J connectivity index is 0.979. The van der Waals surface area contributed by atoms with Crippen LogP contribution in [0.4, 0.5) is 20.2 Å². The van der Waals surface area contributed by atoms with Gasteiger partial charge in [-0.2, -0.15) is 5.10 Å². The Hall–Kier alpha value is -4.11. The third-order valence-electron chi connectivity index (χ3n) is 10.0. The number of phosphoric acid groups is 1. The predicted molar refractivity (Wildman–Crippen MR) is 195 cm³/mol. The monoisotopic (exact) mass is 757 g/mol. The van der Waals surface area contributed by atoms with Crippen LogP contribution < -0.4 is 20.2 Å². The highest BCUT2D eigenvalue weighted by Gasteiger charge is 2.40. The maximum Gasteiger partial charge on any atom is 0.474 e. The number of rotatable bonds is 15. The third kappa shape index (κ3) is 8.99. The second-order valence-corrected chi connectivity index (χ2v) is 15.1. The first kappa shape index (κ1) is 38.6. The lowest BCUT2D eigenvalue weighted by atomic mass is 9.89. The SMILES string of the molecule is CC[C@@H]([C@H](C)OCOP(=O)(O)OC)n1ncn(-c2ccc(N3CCN(c4ccc(OC[C@@H]5CO[C@@](C)(c6ccc(F)cc6F)C5)cc4)CC3)cc2)c1=O. The van der Waals surface area contributed by atoms with E-state index >= 15 is 0 Å². The van der Waals surface area contributed by atoms with Crippen molar-refractivity contribution in [2.75, 3.05) is 63.1 Å². The van der Waals surface area contributed by atoms with E-state index in [1.165, 1.54) is 27.7 Å². The summed E-state index contributed by atoms with van der Waals surface area (Å²) in [5, 5.41) is 4.33. The van der Waals surface area contributed by atoms with Gasteiger partial charge in [0, 0.05) is 62.2 Å². The summed E-state index contributed by atoms with van der Waals surface area (Å²) in [6.45, 7) is 9.16. The van der Waals surface area contributed by atoms with Crippen LogP contribution in [0.5, 0.6) is 5.75 Å². The summed E-state index contributed by atoms with van der Waals surface area (Å²) in [5.41, 5.74) is 2.05. The Labute approximate surface area is 307 Å². The number of hydrogen-bond donors (Lipinski definition) is 1. The van der Waals surface area contributed by atoms with Crippen LogP contribution in [0, 0.1) is 17.6 Å². The topological polar surface area (TPSA) is 130 Å². The van der Waals surface area contributed by atoms with Gasteiger partial charge in [-0.1, -0.05) is 13.0 Å². The largest absolute Gasteiger partial charge is 0.493 e. The molecule has 5 atom stereocenters. The maximum absolute atomic E-state index is 14.4. The lowest BCUT2D eigenvalue weighted by molar-refractivity contribution is -0.0630. The van der Waals surface area contributed by atoms with Crippen molar-refractivity contribution >= 4 is 19.2 Å². The fourth-order valence-electron chi connectivity index (χ4n) is 6.99. The highest BCUT2D eigenvalue weighted by atomic mass is 31.2. The highest BCUT2D eigenvalue weighted by molar-refractivity contribution is 7.47. The second kappa shape index (κ2) is 16.5. The number of phosphoric ester groups is 1. The van der Waals surface area contributed by atoms with E-state index < -0.39 is 44.0 Å². The summed E-state index contributed by atoms with van der Waals surface area (Å²) in [6, 6.07) is 19.0. The summed E-state index contributed by atoms with van der Waals surface area (Å²) in [4.78, 5) is 27.4. The molecule has 0 amide bonds. The fourth-order valence-corrected chi connectivity index (χ4v) is 7.29. The summed E-state index contributed by atoms with van der Waals surface area (Å²) in [7, 11) is -3.11. The number of anilines is 2. The Morgan fingerprint density at radius 1 is 1.00 bits per heavy atom. The summed E-state index contributed by atoms with van der Waals surface area (Å²) in [6.07, 6.45) is 2.04. The fraction of sp³-hybridized carbons (Fsp3) is 0.459. The Morgan fingerprint density at radius 3 is 2.23 bits per heavy atom. The van der Waals surface area contributed by atoms with Crippen LogP contribution in [0.25, 0.3) is 5.69 Å². The molecule has 1 N–H and O–H groups in total. The quantitative estimate of drug-likeness (QED) is 0.113. The van der Waals surface area contributed by atoms with Gasteiger partial charge in [-0.25, -0.2) is 27.4 Å². The van der Waals surface area contributed by atoms with E-state index in [1.807, 2.05) is 50.2 Å². The first-order valence-corrected chi connectivity index (χ1v) is 19.1. The Kier molecular flexibility index (Phi) is 12.0. The van der Waals surface area contributed by atoms with Gasteiger partial charge in [0.25, 0.3) is 0 Å². The van der Waals surface area contributed by atoms with Crippen LogP contribution >= 0.6 is 7.82 Å². The smallest absolute Gasteiger partial charge is 0.474 e. The zero-order valence-electron chi connectivity index (χ0n) is 30.3. The van der Waals surface area contributed by atoms with Gasteiger partial charge in [-0.3, -0.25) is 9.05 Å². The van der Waals surface area contributed by atoms with Gasteiger partial charge in [0.1, 0.15) is 23.7 Å². The van der Waals surface area contributed by atoms with Crippen molar-refractivity contribution < 1.29 is 41.5 Å². The molecule has 3 aromatic carbocycles. The van der Waals surface area contributed by atoms with Crippen molar-refractivity contribution in [2.24, 2.45) is 5.92 Å². The van der Waals surface area contributed by atoms with Crippen molar-refractivity contribution in [2.45, 2.75) is 51.4 Å². The molecule has 0 radical (unpaired) electrons. The lowest BCUT2D eigenvalue weighted by Gasteiger charge is -2.37. The normalized spacial score (nSPS) is 21.4. The molecule has 2 saturated heterocycles. The van der Waals surface area contributed by atoms with Gasteiger partial charge >= 0.3 is 13.5 Å². The summed E-state index contributed by atoms with van der Waals surface area (Å²) in [5.74, 6) is -0.380. The van der Waals surface area contributed by atoms with Crippen molar-refractivity contribution in [3.8, 4) is 11.4 Å². The molecule has 2 aliphatic heterocycles. The molecule has 1 unspecified atom stereocenters. The van der Waals surface area contributed by atoms with Crippen LogP contribution in [-0.4, -0.2) is 78.6 Å². The van der Waals surface area contributed by atoms with E-state index in [9.17, 15) is 23.0 Å². The molecule has 0 bridgehead atoms. The molecule has 2 fully saturated rings. The predicted octanol–water partition coefficient (Wildman–Crippen LogP) is 6.05. The standard InChI is InChI=1S/C37H46F2N5O8P/c1-5-35(26(2)50-25-52-53(46,47)48-4)44-36(45)43(24-40-44)31-9-7-29(8-10-31)41-16-18-42(19-17-41)30-11-13-32(14-12-30)49-22-27-21-37(3,51-23-27)33-15-6-28(38)20-34(33)39/h6-15,20,24,26-27,35H,5,16-19,21-23,25H2,1-4H3,(H,46,47)/t26-,27+,35-,37+/m0/s1. The average Bonchev–Trinajstić information content (AvgIpc) is 3.73. The number of piperazine rings is 1. The Morgan fingerprint density at radius 2 is 1.62 bits per heavy atom. The van der Waals surface area contributed by atoms with Crippen molar-refractivity contribution in [3.63, 3.8) is 0 Å². The van der Waals surface area contributed by atoms with E-state index in [4.69, 9.17) is 18.7 Å². The molecular formula is C37H46F2N5O8P. The summed E-state index contributed by atoms with van der Waals surface area (Å²) < 4.78 is 68.9. The van der Waals surface area contributed by atoms with Gasteiger partial charge in [0.05, 0.1) is 36.6 Å². The molecule has 0 aliphatic carbocycles. The number of halogens is 2. The van der Waals surface area contributed by atoms with E-state index in [-0.39, 0.29) is 11.6 Å². The van der Waals surface area contributed by atoms with Gasteiger partial charge in [-0.15, -0.1) is 0 Å². The molecule has 53 heavy (non-hydrogen) atoms. The highest BCUT2D eigenvalue weighted by Crippen LogP contribution is 2.42. The molecule has 1 aromatic heterocycles. The zero-order chi connectivity index (χ0) is 37.8. The van der Waals surface area contributed by atoms with E-state index in [0.29, 0.717) is 37.3 Å². The molecule has 2 aliphatic rings. The van der Waals surface area contributed by atoms with Crippen molar-refractivity contribution in [3.05, 3.63) is 101 Å². The molecule has 0 spiro atoms. The van der Waals surface area contributed by atoms with E-state index in [0.717, 1.165) is 56.5 Å². The molecular weight excluding hydrogens is 711 g/mol. The number of benzene rings is 3. The minimum atomic E-state index is -4.18. The van der Waals surface area contributed by atoms with Gasteiger partial charge in [0.15, 0.2) is 6.79 Å². The molecule has 286 valence electrons. The van der Waals surface area contributed by atoms with Crippen LogP contribution in [0.3, 0.4) is 0 Å². The molecule has 6 rings (SSSR count). The maximum atomic E-state index is 14.4. The minimum Gasteiger partial charge on any atom is -0.493 e. The zero-order valence-corrected chi connectivity index (χ0v) is 31.2. The molecule has 4 aromatic rings. The van der Waals surface area contributed by atoms with E-state index in [1.54, 1.807) is 6.92 Å². The average molecular weight is 758 g/mol. The number of ether oxygens (including phenoxy) is 3.